The van der Waals surface area contributed by atoms with Crippen LogP contribution in [0.15, 0.2) is 72.9 Å². The van der Waals surface area contributed by atoms with E-state index < -0.39 is 0 Å². The van der Waals surface area contributed by atoms with E-state index in [0.29, 0.717) is 0 Å². The first kappa shape index (κ1) is 12.7. The number of allylic oxidation sites excluding steroid dienone is 1. The molecule has 0 nitrogen and oxygen atoms in total. The first-order valence-electron chi connectivity index (χ1n) is 6.45. The second kappa shape index (κ2) is 5.06. The van der Waals surface area contributed by atoms with Crippen LogP contribution in [0.25, 0.3) is 5.57 Å². The van der Waals surface area contributed by atoms with Crippen LogP contribution in [0.3, 0.4) is 0 Å². The zero-order chi connectivity index (χ0) is 13.5. The minimum atomic E-state index is 1.36. The summed E-state index contributed by atoms with van der Waals surface area (Å²) in [5, 5.41) is 2.25. The predicted molar refractivity (Wildman–Crippen MR) is 92.0 cm³/mol. The number of hydrogen-bond donors (Lipinski definition) is 0. The highest BCUT2D eigenvalue weighted by atomic mass is 32.2. The molecule has 2 aromatic rings. The molecule has 0 amide bonds. The Labute approximate surface area is 131 Å². The average Bonchev–Trinajstić information content (AvgIpc) is 2.91. The van der Waals surface area contributed by atoms with E-state index >= 15 is 0 Å². The van der Waals surface area contributed by atoms with Gasteiger partial charge in [0.15, 0.2) is 0 Å². The van der Waals surface area contributed by atoms with Crippen molar-refractivity contribution in [3.05, 3.63) is 74.2 Å². The van der Waals surface area contributed by atoms with Gasteiger partial charge >= 0.3 is 0 Å². The number of hydrogen-bond acceptors (Lipinski definition) is 3. The first-order valence-corrected chi connectivity index (χ1v) is 8.96. The van der Waals surface area contributed by atoms with Crippen LogP contribution >= 0.6 is 35.3 Å². The maximum atomic E-state index is 2.25. The molecule has 3 heteroatoms. The molecule has 0 bridgehead atoms. The third-order valence-corrected chi connectivity index (χ3v) is 6.88. The monoisotopic (exact) mass is 312 g/mol. The normalized spacial score (nSPS) is 16.8. The van der Waals surface area contributed by atoms with Gasteiger partial charge in [0.05, 0.1) is 4.24 Å². The molecule has 0 aliphatic carbocycles. The van der Waals surface area contributed by atoms with Gasteiger partial charge in [0, 0.05) is 15.4 Å². The van der Waals surface area contributed by atoms with Crippen molar-refractivity contribution >= 4 is 40.9 Å². The van der Waals surface area contributed by atoms with Gasteiger partial charge in [0.2, 0.25) is 0 Å². The molecule has 0 saturated carbocycles. The summed E-state index contributed by atoms with van der Waals surface area (Å²) >= 11 is 5.63. The van der Waals surface area contributed by atoms with Gasteiger partial charge in [-0.25, -0.2) is 0 Å². The van der Waals surface area contributed by atoms with Gasteiger partial charge in [-0.15, -0.1) is 0 Å². The van der Waals surface area contributed by atoms with Crippen molar-refractivity contribution < 1.29 is 0 Å². The molecule has 4 rings (SSSR count). The van der Waals surface area contributed by atoms with Crippen LogP contribution in [0.4, 0.5) is 0 Å². The van der Waals surface area contributed by atoms with E-state index in [-0.39, 0.29) is 0 Å². The molecule has 0 saturated heterocycles. The number of benzene rings is 2. The summed E-state index contributed by atoms with van der Waals surface area (Å²) in [6.07, 6.45) is 0. The summed E-state index contributed by atoms with van der Waals surface area (Å²) < 4.78 is 1.41. The lowest BCUT2D eigenvalue weighted by molar-refractivity contribution is 1.29. The fourth-order valence-electron chi connectivity index (χ4n) is 2.45. The van der Waals surface area contributed by atoms with Crippen LogP contribution < -0.4 is 0 Å². The number of thioether (sulfide) groups is 2. The molecular formula is C17H12S3. The van der Waals surface area contributed by atoms with Gasteiger partial charge in [-0.05, 0) is 40.5 Å². The van der Waals surface area contributed by atoms with E-state index in [9.17, 15) is 0 Å². The molecule has 2 aromatic carbocycles. The molecular weight excluding hydrogens is 300 g/mol. The van der Waals surface area contributed by atoms with Gasteiger partial charge < -0.3 is 0 Å². The molecule has 0 fully saturated rings. The molecule has 20 heavy (non-hydrogen) atoms. The van der Waals surface area contributed by atoms with E-state index in [1.807, 2.05) is 35.3 Å². The molecule has 98 valence electrons. The van der Waals surface area contributed by atoms with Crippen LogP contribution in [-0.4, -0.2) is 0 Å². The second-order valence-corrected chi connectivity index (χ2v) is 8.18. The Morgan fingerprint density at radius 1 is 0.750 bits per heavy atom. The second-order valence-electron chi connectivity index (χ2n) is 4.71. The van der Waals surface area contributed by atoms with Gasteiger partial charge in [0.1, 0.15) is 0 Å². The van der Waals surface area contributed by atoms with Crippen molar-refractivity contribution in [2.75, 3.05) is 0 Å². The van der Waals surface area contributed by atoms with Crippen molar-refractivity contribution in [2.24, 2.45) is 0 Å². The molecule has 0 unspecified atom stereocenters. The Bertz CT molecular complexity index is 709. The van der Waals surface area contributed by atoms with Gasteiger partial charge in [-0.2, -0.15) is 0 Å². The Morgan fingerprint density at radius 2 is 1.35 bits per heavy atom. The third-order valence-electron chi connectivity index (χ3n) is 3.32. The Balaban J connectivity index is 1.98. The molecule has 0 radical (unpaired) electrons. The SMILES string of the molecule is CC1=CSC(=C2c3ccccc3Sc3ccccc32)S1. The van der Waals surface area contributed by atoms with Gasteiger partial charge in [-0.3, -0.25) is 0 Å². The van der Waals surface area contributed by atoms with Crippen molar-refractivity contribution in [1.82, 2.24) is 0 Å². The zero-order valence-corrected chi connectivity index (χ0v) is 13.4. The summed E-state index contributed by atoms with van der Waals surface area (Å²) in [4.78, 5) is 4.10. The molecule has 2 heterocycles. The summed E-state index contributed by atoms with van der Waals surface area (Å²) in [5.41, 5.74) is 4.14. The van der Waals surface area contributed by atoms with Crippen molar-refractivity contribution in [3.63, 3.8) is 0 Å². The van der Waals surface area contributed by atoms with Crippen LogP contribution in [0.5, 0.6) is 0 Å². The van der Waals surface area contributed by atoms with E-state index in [4.69, 9.17) is 0 Å². The molecule has 2 aliphatic rings. The van der Waals surface area contributed by atoms with E-state index in [2.05, 4.69) is 60.9 Å². The first-order chi connectivity index (χ1) is 9.83. The maximum absolute atomic E-state index is 2.25. The van der Waals surface area contributed by atoms with Crippen molar-refractivity contribution in [1.29, 1.82) is 0 Å². The van der Waals surface area contributed by atoms with E-state index in [1.165, 1.54) is 35.6 Å². The van der Waals surface area contributed by atoms with Gasteiger partial charge in [0.25, 0.3) is 0 Å². The van der Waals surface area contributed by atoms with Crippen molar-refractivity contribution in [3.8, 4) is 0 Å². The maximum Gasteiger partial charge on any atom is 0.0575 e. The summed E-state index contributed by atoms with van der Waals surface area (Å²) in [5.74, 6) is 0. The fourth-order valence-corrected chi connectivity index (χ4v) is 5.83. The Kier molecular flexibility index (Phi) is 3.21. The predicted octanol–water partition coefficient (Wildman–Crippen LogP) is 6.21. The Hall–Kier alpha value is -1.03. The highest BCUT2D eigenvalue weighted by Crippen LogP contribution is 2.54. The van der Waals surface area contributed by atoms with Crippen LogP contribution in [0.1, 0.15) is 18.1 Å². The minimum Gasteiger partial charge on any atom is -0.0892 e. The lowest BCUT2D eigenvalue weighted by Crippen LogP contribution is -1.99. The molecule has 0 spiro atoms. The van der Waals surface area contributed by atoms with Crippen LogP contribution in [0, 0.1) is 0 Å². The van der Waals surface area contributed by atoms with E-state index in [0.717, 1.165) is 0 Å². The highest BCUT2D eigenvalue weighted by Gasteiger charge is 2.25. The van der Waals surface area contributed by atoms with Crippen molar-refractivity contribution in [2.45, 2.75) is 16.7 Å². The average molecular weight is 312 g/mol. The number of fused-ring (bicyclic) bond motifs is 2. The molecule has 0 aromatic heterocycles. The lowest BCUT2D eigenvalue weighted by Gasteiger charge is -2.23. The van der Waals surface area contributed by atoms with Crippen LogP contribution in [0.2, 0.25) is 0 Å². The lowest BCUT2D eigenvalue weighted by atomic mass is 9.99. The summed E-state index contributed by atoms with van der Waals surface area (Å²) in [6, 6.07) is 17.5. The smallest absolute Gasteiger partial charge is 0.0575 e. The quantitative estimate of drug-likeness (QED) is 0.484. The highest BCUT2D eigenvalue weighted by molar-refractivity contribution is 8.28. The molecule has 0 N–H and O–H groups in total. The fraction of sp³-hybridized carbons (Fsp3) is 0.0588. The molecule has 0 atom stereocenters. The molecule has 2 aliphatic heterocycles. The Morgan fingerprint density at radius 3 is 1.90 bits per heavy atom. The summed E-state index contributed by atoms with van der Waals surface area (Å²) in [7, 11) is 0. The van der Waals surface area contributed by atoms with E-state index in [1.54, 1.807) is 0 Å². The third kappa shape index (κ3) is 2.05. The summed E-state index contributed by atoms with van der Waals surface area (Å²) in [6.45, 7) is 2.18. The largest absolute Gasteiger partial charge is 0.0892 e. The minimum absolute atomic E-state index is 1.36. The van der Waals surface area contributed by atoms with Crippen LogP contribution in [-0.2, 0) is 0 Å². The zero-order valence-electron chi connectivity index (χ0n) is 10.9. The number of rotatable bonds is 0. The standard InChI is InChI=1S/C17H12S3/c1-11-10-18-17(19-11)16-12-6-2-4-8-14(12)20-15-9-5-3-7-13(15)16/h2-10H,1H3. The van der Waals surface area contributed by atoms with Gasteiger partial charge in [-0.1, -0.05) is 71.7 Å². The topological polar surface area (TPSA) is 0 Å².